The summed E-state index contributed by atoms with van der Waals surface area (Å²) in [7, 11) is -3.36. The molecule has 0 unspecified atom stereocenters. The van der Waals surface area contributed by atoms with Crippen molar-refractivity contribution in [3.63, 3.8) is 0 Å². The van der Waals surface area contributed by atoms with Crippen LogP contribution in [0, 0.1) is 0 Å². The average Bonchev–Trinajstić information content (AvgIpc) is 3.08. The molecule has 134 valence electrons. The van der Waals surface area contributed by atoms with Gasteiger partial charge in [-0.05, 0) is 32.0 Å². The number of nitrogens with one attached hydrogen (secondary N) is 1. The van der Waals surface area contributed by atoms with Crippen LogP contribution in [0.15, 0.2) is 42.6 Å². The highest BCUT2D eigenvalue weighted by Gasteiger charge is 2.34. The summed E-state index contributed by atoms with van der Waals surface area (Å²) < 4.78 is 28.3. The van der Waals surface area contributed by atoms with E-state index in [0.29, 0.717) is 25.2 Å². The average molecular weight is 362 g/mol. The van der Waals surface area contributed by atoms with Gasteiger partial charge in [0.25, 0.3) is 5.91 Å². The normalized spacial score (nSPS) is 18.1. The predicted octanol–water partition coefficient (Wildman–Crippen LogP) is 1.41. The van der Waals surface area contributed by atoms with Crippen molar-refractivity contribution in [3.8, 4) is 0 Å². The van der Waals surface area contributed by atoms with Crippen LogP contribution < -0.4 is 5.32 Å². The van der Waals surface area contributed by atoms with Gasteiger partial charge in [0.2, 0.25) is 10.0 Å². The number of rotatable bonds is 5. The van der Waals surface area contributed by atoms with Gasteiger partial charge in [0.15, 0.2) is 0 Å². The zero-order chi connectivity index (χ0) is 18.0. The van der Waals surface area contributed by atoms with Crippen LogP contribution in [0.2, 0.25) is 0 Å². The summed E-state index contributed by atoms with van der Waals surface area (Å²) in [6, 6.07) is 10.5. The summed E-state index contributed by atoms with van der Waals surface area (Å²) >= 11 is 0. The van der Waals surface area contributed by atoms with Crippen LogP contribution in [0.25, 0.3) is 0 Å². The Morgan fingerprint density at radius 1 is 1.28 bits per heavy atom. The second-order valence-electron chi connectivity index (χ2n) is 6.38. The molecule has 2 aromatic rings. The third-order valence-electron chi connectivity index (χ3n) is 4.34. The van der Waals surface area contributed by atoms with Gasteiger partial charge < -0.3 is 5.32 Å². The standard InChI is InChI=1S/C17H22N4O3S/c1-13(2)25(23,24)20-11-15-8-9-19-21(15)16(12-20)10-18-17(22)14-6-4-3-5-7-14/h3-9,13,16H,10-12H2,1-2H3,(H,18,22)/t16-/m1/s1. The van der Waals surface area contributed by atoms with Crippen molar-refractivity contribution in [1.82, 2.24) is 19.4 Å². The van der Waals surface area contributed by atoms with Crippen molar-refractivity contribution >= 4 is 15.9 Å². The SMILES string of the molecule is CC(C)S(=O)(=O)N1Cc2ccnn2[C@H](CNC(=O)c2ccccc2)C1. The van der Waals surface area contributed by atoms with E-state index in [1.807, 2.05) is 12.1 Å². The Hall–Kier alpha value is -2.19. The third kappa shape index (κ3) is 3.59. The number of hydrogen-bond acceptors (Lipinski definition) is 4. The summed E-state index contributed by atoms with van der Waals surface area (Å²) in [6.45, 7) is 4.27. The van der Waals surface area contributed by atoms with Crippen LogP contribution >= 0.6 is 0 Å². The number of nitrogens with zero attached hydrogens (tertiary/aromatic N) is 3. The second-order valence-corrected chi connectivity index (χ2v) is 8.87. The Balaban J connectivity index is 1.75. The lowest BCUT2D eigenvalue weighted by molar-refractivity contribution is 0.0942. The lowest BCUT2D eigenvalue weighted by atomic mass is 10.2. The zero-order valence-electron chi connectivity index (χ0n) is 14.3. The van der Waals surface area contributed by atoms with E-state index in [1.165, 1.54) is 4.31 Å². The van der Waals surface area contributed by atoms with Crippen molar-refractivity contribution in [2.45, 2.75) is 31.7 Å². The van der Waals surface area contributed by atoms with Gasteiger partial charge in [-0.25, -0.2) is 8.42 Å². The molecule has 8 heteroatoms. The Bertz CT molecular complexity index is 846. The number of sulfonamides is 1. The molecule has 1 aromatic carbocycles. The molecule has 25 heavy (non-hydrogen) atoms. The number of carbonyl (C=O) groups excluding carboxylic acids is 1. The summed E-state index contributed by atoms with van der Waals surface area (Å²) in [4.78, 5) is 12.3. The van der Waals surface area contributed by atoms with Crippen LogP contribution in [0.4, 0.5) is 0 Å². The fourth-order valence-corrected chi connectivity index (χ4v) is 4.19. The van der Waals surface area contributed by atoms with Gasteiger partial charge in [-0.2, -0.15) is 9.40 Å². The molecule has 3 rings (SSSR count). The molecule has 0 saturated carbocycles. The van der Waals surface area contributed by atoms with Gasteiger partial charge in [-0.3, -0.25) is 9.48 Å². The monoisotopic (exact) mass is 362 g/mol. The van der Waals surface area contributed by atoms with Gasteiger partial charge >= 0.3 is 0 Å². The molecule has 0 saturated heterocycles. The number of carbonyl (C=O) groups is 1. The van der Waals surface area contributed by atoms with Gasteiger partial charge in [0, 0.05) is 24.8 Å². The van der Waals surface area contributed by atoms with E-state index in [4.69, 9.17) is 0 Å². The van der Waals surface area contributed by atoms with Crippen LogP contribution in [0.1, 0.15) is 35.9 Å². The summed E-state index contributed by atoms with van der Waals surface area (Å²) in [5, 5.41) is 6.69. The molecule has 1 amide bonds. The second kappa shape index (κ2) is 6.97. The molecule has 0 spiro atoms. The maximum absolute atomic E-state index is 12.5. The third-order valence-corrected chi connectivity index (χ3v) is 6.53. The highest BCUT2D eigenvalue weighted by atomic mass is 32.2. The zero-order valence-corrected chi connectivity index (χ0v) is 15.1. The Morgan fingerprint density at radius 3 is 2.68 bits per heavy atom. The quantitative estimate of drug-likeness (QED) is 0.872. The lowest BCUT2D eigenvalue weighted by Crippen LogP contribution is -2.47. The topological polar surface area (TPSA) is 84.3 Å². The van der Waals surface area contributed by atoms with E-state index < -0.39 is 15.3 Å². The Labute approximate surface area is 147 Å². The predicted molar refractivity (Wildman–Crippen MR) is 94.5 cm³/mol. The molecule has 1 aliphatic rings. The number of amides is 1. The van der Waals surface area contributed by atoms with Crippen LogP contribution in [-0.2, 0) is 16.6 Å². The van der Waals surface area contributed by atoms with E-state index in [1.54, 1.807) is 49.0 Å². The lowest BCUT2D eigenvalue weighted by Gasteiger charge is -2.34. The summed E-state index contributed by atoms with van der Waals surface area (Å²) in [5.41, 5.74) is 1.40. The van der Waals surface area contributed by atoms with Gasteiger partial charge in [-0.1, -0.05) is 18.2 Å². The van der Waals surface area contributed by atoms with Crippen molar-refractivity contribution < 1.29 is 13.2 Å². The van der Waals surface area contributed by atoms with Crippen molar-refractivity contribution in [1.29, 1.82) is 0 Å². The van der Waals surface area contributed by atoms with Crippen molar-refractivity contribution in [3.05, 3.63) is 53.9 Å². The van der Waals surface area contributed by atoms with E-state index in [0.717, 1.165) is 5.69 Å². The number of benzene rings is 1. The van der Waals surface area contributed by atoms with Crippen molar-refractivity contribution in [2.75, 3.05) is 13.1 Å². The Morgan fingerprint density at radius 2 is 2.00 bits per heavy atom. The Kier molecular flexibility index (Phi) is 4.91. The molecule has 1 aromatic heterocycles. The molecule has 0 radical (unpaired) electrons. The minimum atomic E-state index is -3.36. The molecule has 1 N–H and O–H groups in total. The first kappa shape index (κ1) is 17.6. The number of hydrogen-bond donors (Lipinski definition) is 1. The van der Waals surface area contributed by atoms with Crippen molar-refractivity contribution in [2.24, 2.45) is 0 Å². The molecule has 7 nitrogen and oxygen atoms in total. The fraction of sp³-hybridized carbons (Fsp3) is 0.412. The van der Waals surface area contributed by atoms with Gasteiger partial charge in [-0.15, -0.1) is 0 Å². The maximum Gasteiger partial charge on any atom is 0.251 e. The van der Waals surface area contributed by atoms with Gasteiger partial charge in [0.05, 0.1) is 23.5 Å². The number of aromatic nitrogens is 2. The van der Waals surface area contributed by atoms with E-state index >= 15 is 0 Å². The minimum Gasteiger partial charge on any atom is -0.350 e. The molecule has 0 aliphatic carbocycles. The van der Waals surface area contributed by atoms with E-state index in [9.17, 15) is 13.2 Å². The first-order valence-electron chi connectivity index (χ1n) is 8.24. The van der Waals surface area contributed by atoms with E-state index in [-0.39, 0.29) is 11.9 Å². The molecule has 0 fully saturated rings. The molecule has 1 atom stereocenters. The first-order chi connectivity index (χ1) is 11.9. The van der Waals surface area contributed by atoms with Gasteiger partial charge in [0.1, 0.15) is 0 Å². The first-order valence-corrected chi connectivity index (χ1v) is 9.74. The molecular weight excluding hydrogens is 340 g/mol. The molecule has 2 heterocycles. The maximum atomic E-state index is 12.5. The van der Waals surface area contributed by atoms with E-state index in [2.05, 4.69) is 10.4 Å². The molecule has 1 aliphatic heterocycles. The van der Waals surface area contributed by atoms with Crippen LogP contribution in [0.5, 0.6) is 0 Å². The fourth-order valence-electron chi connectivity index (χ4n) is 2.90. The largest absolute Gasteiger partial charge is 0.350 e. The van der Waals surface area contributed by atoms with Crippen LogP contribution in [0.3, 0.4) is 0 Å². The summed E-state index contributed by atoms with van der Waals surface area (Å²) in [5.74, 6) is -0.182. The highest BCUT2D eigenvalue weighted by molar-refractivity contribution is 7.89. The molecule has 0 bridgehead atoms. The van der Waals surface area contributed by atoms with Crippen LogP contribution in [-0.4, -0.2) is 46.8 Å². The number of fused-ring (bicyclic) bond motifs is 1. The summed E-state index contributed by atoms with van der Waals surface area (Å²) in [6.07, 6.45) is 1.66. The minimum absolute atomic E-state index is 0.182. The smallest absolute Gasteiger partial charge is 0.251 e. The highest BCUT2D eigenvalue weighted by Crippen LogP contribution is 2.24. The molecular formula is C17H22N4O3S.